The van der Waals surface area contributed by atoms with Crippen LogP contribution in [-0.2, 0) is 9.59 Å². The van der Waals surface area contributed by atoms with Gasteiger partial charge in [0.05, 0.1) is 11.8 Å². The zero-order chi connectivity index (χ0) is 11.3. The minimum absolute atomic E-state index is 0.225. The number of nitrogens with zero attached hydrogens (tertiary/aromatic N) is 1. The fourth-order valence-corrected chi connectivity index (χ4v) is 3.85. The van der Waals surface area contributed by atoms with Crippen LogP contribution in [0.3, 0.4) is 0 Å². The molecule has 4 heteroatoms. The first kappa shape index (κ1) is 10.3. The summed E-state index contributed by atoms with van der Waals surface area (Å²) in [5.41, 5.74) is 0. The largest absolute Gasteiger partial charge is 0.278 e. The summed E-state index contributed by atoms with van der Waals surface area (Å²) in [6, 6.07) is 0. The first-order valence-electron chi connectivity index (χ1n) is 6.25. The molecular weight excluding hydrogens is 206 g/mol. The van der Waals surface area contributed by atoms with Crippen LogP contribution in [-0.4, -0.2) is 22.1 Å². The van der Waals surface area contributed by atoms with E-state index >= 15 is 0 Å². The maximum absolute atomic E-state index is 11.7. The van der Waals surface area contributed by atoms with Gasteiger partial charge in [0, 0.05) is 0 Å². The Morgan fingerprint density at radius 3 is 1.81 bits per heavy atom. The third kappa shape index (κ3) is 1.32. The Balaban J connectivity index is 1.83. The molecule has 1 saturated heterocycles. The zero-order valence-electron chi connectivity index (χ0n) is 9.26. The van der Waals surface area contributed by atoms with Gasteiger partial charge in [-0.25, -0.2) is 0 Å². The zero-order valence-corrected chi connectivity index (χ0v) is 9.26. The van der Waals surface area contributed by atoms with Gasteiger partial charge in [0.25, 0.3) is 11.8 Å². The van der Waals surface area contributed by atoms with Crippen molar-refractivity contribution in [2.75, 3.05) is 0 Å². The van der Waals surface area contributed by atoms with Crippen LogP contribution in [0.4, 0.5) is 0 Å². The molecule has 1 N–H and O–H groups in total. The van der Waals surface area contributed by atoms with Gasteiger partial charge in [-0.2, -0.15) is 5.06 Å². The maximum Gasteiger partial charge on any atom is 0.257 e. The van der Waals surface area contributed by atoms with Gasteiger partial charge in [-0.05, 0) is 24.7 Å². The highest BCUT2D eigenvalue weighted by Crippen LogP contribution is 2.48. The molecule has 3 fully saturated rings. The summed E-state index contributed by atoms with van der Waals surface area (Å²) < 4.78 is 0. The van der Waals surface area contributed by atoms with E-state index < -0.39 is 0 Å². The lowest BCUT2D eigenvalue weighted by Gasteiger charge is -2.39. The maximum atomic E-state index is 11.7. The van der Waals surface area contributed by atoms with Crippen LogP contribution in [0, 0.1) is 23.7 Å². The molecule has 4 unspecified atom stereocenters. The molecule has 0 aromatic heterocycles. The molecule has 0 aromatic rings. The summed E-state index contributed by atoms with van der Waals surface area (Å²) in [6.45, 7) is 0. The SMILES string of the molecule is O=C1C2CC3CCCCC3CC2C(=O)N1O. The monoisotopic (exact) mass is 223 g/mol. The number of rotatable bonds is 0. The van der Waals surface area contributed by atoms with E-state index in [9.17, 15) is 14.8 Å². The van der Waals surface area contributed by atoms with Crippen LogP contribution < -0.4 is 0 Å². The van der Waals surface area contributed by atoms with Crippen molar-refractivity contribution >= 4 is 11.8 Å². The molecule has 0 spiro atoms. The highest BCUT2D eigenvalue weighted by molar-refractivity contribution is 6.03. The molecule has 88 valence electrons. The Bertz CT molecular complexity index is 309. The molecule has 4 nitrogen and oxygen atoms in total. The Hall–Kier alpha value is -0.900. The second-order valence-electron chi connectivity index (χ2n) is 5.48. The Labute approximate surface area is 94.6 Å². The first-order valence-corrected chi connectivity index (χ1v) is 6.25. The number of amides is 2. The minimum Gasteiger partial charge on any atom is -0.278 e. The number of hydroxylamine groups is 2. The lowest BCUT2D eigenvalue weighted by atomic mass is 9.64. The highest BCUT2D eigenvalue weighted by Gasteiger charge is 2.52. The summed E-state index contributed by atoms with van der Waals surface area (Å²) >= 11 is 0. The molecule has 16 heavy (non-hydrogen) atoms. The lowest BCUT2D eigenvalue weighted by Crippen LogP contribution is -2.35. The summed E-state index contributed by atoms with van der Waals surface area (Å²) in [6.07, 6.45) is 6.53. The van der Waals surface area contributed by atoms with Crippen molar-refractivity contribution in [3.05, 3.63) is 0 Å². The van der Waals surface area contributed by atoms with E-state index in [0.717, 1.165) is 12.8 Å². The molecule has 1 aliphatic heterocycles. The Morgan fingerprint density at radius 1 is 0.938 bits per heavy atom. The van der Waals surface area contributed by atoms with Crippen molar-refractivity contribution in [1.29, 1.82) is 0 Å². The molecule has 1 heterocycles. The van der Waals surface area contributed by atoms with Crippen LogP contribution in [0.5, 0.6) is 0 Å². The van der Waals surface area contributed by atoms with E-state index in [-0.39, 0.29) is 23.7 Å². The van der Waals surface area contributed by atoms with Crippen LogP contribution in [0.2, 0.25) is 0 Å². The molecule has 0 radical (unpaired) electrons. The predicted molar refractivity (Wildman–Crippen MR) is 55.3 cm³/mol. The van der Waals surface area contributed by atoms with Crippen LogP contribution in [0.25, 0.3) is 0 Å². The van der Waals surface area contributed by atoms with Gasteiger partial charge in [0.15, 0.2) is 0 Å². The quantitative estimate of drug-likeness (QED) is 0.501. The summed E-state index contributed by atoms with van der Waals surface area (Å²) in [7, 11) is 0. The third-order valence-electron chi connectivity index (χ3n) is 4.72. The summed E-state index contributed by atoms with van der Waals surface area (Å²) in [5, 5.41) is 9.73. The van der Waals surface area contributed by atoms with Crippen molar-refractivity contribution in [2.45, 2.75) is 38.5 Å². The van der Waals surface area contributed by atoms with E-state index in [0.29, 0.717) is 16.9 Å². The van der Waals surface area contributed by atoms with Crippen LogP contribution in [0.15, 0.2) is 0 Å². The smallest absolute Gasteiger partial charge is 0.257 e. The standard InChI is InChI=1S/C12H17NO3/c14-11-9-5-7-3-1-2-4-8(7)6-10(9)12(15)13(11)16/h7-10,16H,1-6H2. The van der Waals surface area contributed by atoms with Crippen molar-refractivity contribution in [3.63, 3.8) is 0 Å². The van der Waals surface area contributed by atoms with Gasteiger partial charge < -0.3 is 0 Å². The number of carbonyl (C=O) groups is 2. The normalized spacial score (nSPS) is 43.2. The summed E-state index contributed by atoms with van der Waals surface area (Å²) in [5.74, 6) is 0.0447. The topological polar surface area (TPSA) is 57.6 Å². The number of carbonyl (C=O) groups excluding carboxylic acids is 2. The van der Waals surface area contributed by atoms with Crippen molar-refractivity contribution < 1.29 is 14.8 Å². The number of fused-ring (bicyclic) bond motifs is 2. The number of imide groups is 1. The molecule has 0 aromatic carbocycles. The highest BCUT2D eigenvalue weighted by atomic mass is 16.5. The van der Waals surface area contributed by atoms with E-state index in [1.807, 2.05) is 0 Å². The molecule has 3 aliphatic rings. The van der Waals surface area contributed by atoms with Crippen molar-refractivity contribution in [3.8, 4) is 0 Å². The minimum atomic E-state index is -0.362. The molecule has 2 amide bonds. The van der Waals surface area contributed by atoms with E-state index in [2.05, 4.69) is 0 Å². The fraction of sp³-hybridized carbons (Fsp3) is 0.833. The predicted octanol–water partition coefficient (Wildman–Crippen LogP) is 1.58. The van der Waals surface area contributed by atoms with Crippen molar-refractivity contribution in [1.82, 2.24) is 5.06 Å². The average Bonchev–Trinajstić information content (AvgIpc) is 2.52. The van der Waals surface area contributed by atoms with Crippen molar-refractivity contribution in [2.24, 2.45) is 23.7 Å². The average molecular weight is 223 g/mol. The van der Waals surface area contributed by atoms with E-state index in [1.165, 1.54) is 25.7 Å². The number of hydrogen-bond acceptors (Lipinski definition) is 3. The van der Waals surface area contributed by atoms with Gasteiger partial charge in [-0.1, -0.05) is 25.7 Å². The Kier molecular flexibility index (Phi) is 2.28. The summed E-state index contributed by atoms with van der Waals surface area (Å²) in [4.78, 5) is 23.4. The first-order chi connectivity index (χ1) is 7.68. The molecular formula is C12H17NO3. The van der Waals surface area contributed by atoms with Gasteiger partial charge in [-0.15, -0.1) is 0 Å². The number of hydrogen-bond donors (Lipinski definition) is 1. The molecule has 0 bridgehead atoms. The molecule has 4 atom stereocenters. The van der Waals surface area contributed by atoms with Gasteiger partial charge >= 0.3 is 0 Å². The third-order valence-corrected chi connectivity index (χ3v) is 4.72. The van der Waals surface area contributed by atoms with Gasteiger partial charge in [-0.3, -0.25) is 14.8 Å². The fourth-order valence-electron chi connectivity index (χ4n) is 3.85. The molecule has 3 rings (SSSR count). The van der Waals surface area contributed by atoms with E-state index in [4.69, 9.17) is 0 Å². The second kappa shape index (κ2) is 3.55. The van der Waals surface area contributed by atoms with Gasteiger partial charge in [0.2, 0.25) is 0 Å². The van der Waals surface area contributed by atoms with Crippen LogP contribution >= 0.6 is 0 Å². The lowest BCUT2D eigenvalue weighted by molar-refractivity contribution is -0.173. The van der Waals surface area contributed by atoms with Gasteiger partial charge in [0.1, 0.15) is 0 Å². The second-order valence-corrected chi connectivity index (χ2v) is 5.48. The van der Waals surface area contributed by atoms with Crippen LogP contribution in [0.1, 0.15) is 38.5 Å². The molecule has 2 aliphatic carbocycles. The molecule has 2 saturated carbocycles. The Morgan fingerprint density at radius 2 is 1.38 bits per heavy atom. The van der Waals surface area contributed by atoms with E-state index in [1.54, 1.807) is 0 Å².